The first-order chi connectivity index (χ1) is 17.6. The average Bonchev–Trinajstić information content (AvgIpc) is 3.35. The third kappa shape index (κ3) is 6.79. The number of amides is 1. The van der Waals surface area contributed by atoms with Crippen LogP contribution >= 0.6 is 0 Å². The standard InChI is InChI=1S/C28H36N4O4/c1-32(24-7-5-4-6-8-24)19-25-16-23(31-36-25)14-22-18-29-12-11-21(22)15-28(33)30-17-20-9-10-26(34-2)27(13-20)35-3/h4-10,13,16,21-22,29H,11-12,14-15,17-19H2,1-3H3,(H,30,33)/t21-,22-/m0/s1. The minimum Gasteiger partial charge on any atom is -0.493 e. The molecule has 2 N–H and O–H groups in total. The zero-order valence-corrected chi connectivity index (χ0v) is 21.3. The smallest absolute Gasteiger partial charge is 0.220 e. The molecule has 192 valence electrons. The fourth-order valence-corrected chi connectivity index (χ4v) is 4.79. The predicted molar refractivity (Wildman–Crippen MR) is 139 cm³/mol. The van der Waals surface area contributed by atoms with Gasteiger partial charge in [-0.05, 0) is 67.6 Å². The van der Waals surface area contributed by atoms with E-state index in [-0.39, 0.29) is 5.91 Å². The first kappa shape index (κ1) is 25.6. The third-order valence-corrected chi connectivity index (χ3v) is 6.82. The highest BCUT2D eigenvalue weighted by Crippen LogP contribution is 2.28. The van der Waals surface area contributed by atoms with Crippen molar-refractivity contribution in [2.24, 2.45) is 11.8 Å². The maximum atomic E-state index is 12.8. The number of methoxy groups -OCH3 is 2. The molecule has 1 saturated heterocycles. The van der Waals surface area contributed by atoms with Crippen LogP contribution in [0.3, 0.4) is 0 Å². The van der Waals surface area contributed by atoms with E-state index in [0.29, 0.717) is 42.8 Å². The van der Waals surface area contributed by atoms with Gasteiger partial charge in [0.2, 0.25) is 5.91 Å². The van der Waals surface area contributed by atoms with E-state index < -0.39 is 0 Å². The molecule has 1 aromatic heterocycles. The van der Waals surface area contributed by atoms with Gasteiger partial charge in [-0.25, -0.2) is 0 Å². The van der Waals surface area contributed by atoms with Crippen LogP contribution in [0.15, 0.2) is 59.1 Å². The zero-order valence-electron chi connectivity index (χ0n) is 21.3. The van der Waals surface area contributed by atoms with Crippen LogP contribution in [0.4, 0.5) is 5.69 Å². The quantitative estimate of drug-likeness (QED) is 0.421. The van der Waals surface area contributed by atoms with Crippen molar-refractivity contribution in [1.82, 2.24) is 15.8 Å². The van der Waals surface area contributed by atoms with Gasteiger partial charge in [0.1, 0.15) is 0 Å². The largest absolute Gasteiger partial charge is 0.493 e. The van der Waals surface area contributed by atoms with E-state index >= 15 is 0 Å². The van der Waals surface area contributed by atoms with Crippen LogP contribution in [0.25, 0.3) is 0 Å². The Labute approximate surface area is 212 Å². The molecule has 36 heavy (non-hydrogen) atoms. The van der Waals surface area contributed by atoms with Crippen molar-refractivity contribution in [3.8, 4) is 11.5 Å². The predicted octanol–water partition coefficient (Wildman–Crippen LogP) is 3.80. The van der Waals surface area contributed by atoms with E-state index in [2.05, 4.69) is 32.8 Å². The summed E-state index contributed by atoms with van der Waals surface area (Å²) < 4.78 is 16.3. The highest BCUT2D eigenvalue weighted by molar-refractivity contribution is 5.76. The van der Waals surface area contributed by atoms with Crippen LogP contribution in [-0.2, 0) is 24.3 Å². The lowest BCUT2D eigenvalue weighted by atomic mass is 9.81. The Bertz CT molecular complexity index is 1120. The van der Waals surface area contributed by atoms with Crippen LogP contribution in [0.2, 0.25) is 0 Å². The Morgan fingerprint density at radius 3 is 2.69 bits per heavy atom. The summed E-state index contributed by atoms with van der Waals surface area (Å²) in [5.41, 5.74) is 3.04. The fourth-order valence-electron chi connectivity index (χ4n) is 4.79. The molecule has 2 heterocycles. The van der Waals surface area contributed by atoms with E-state index in [9.17, 15) is 4.79 Å². The number of ether oxygens (including phenoxy) is 2. The van der Waals surface area contributed by atoms with Crippen LogP contribution in [0.5, 0.6) is 11.5 Å². The van der Waals surface area contributed by atoms with E-state index in [1.165, 1.54) is 0 Å². The summed E-state index contributed by atoms with van der Waals surface area (Å²) in [6.07, 6.45) is 2.26. The first-order valence-electron chi connectivity index (χ1n) is 12.4. The first-order valence-corrected chi connectivity index (χ1v) is 12.4. The topological polar surface area (TPSA) is 88.9 Å². The van der Waals surface area contributed by atoms with Crippen molar-refractivity contribution in [3.05, 3.63) is 71.6 Å². The lowest BCUT2D eigenvalue weighted by molar-refractivity contribution is -0.122. The lowest BCUT2D eigenvalue weighted by Crippen LogP contribution is -2.40. The molecule has 0 aliphatic carbocycles. The van der Waals surface area contributed by atoms with Crippen LogP contribution in [0.1, 0.15) is 29.9 Å². The molecule has 1 fully saturated rings. The number of nitrogens with zero attached hydrogens (tertiary/aromatic N) is 2. The number of benzene rings is 2. The lowest BCUT2D eigenvalue weighted by Gasteiger charge is -2.31. The molecule has 0 bridgehead atoms. The molecule has 1 aliphatic heterocycles. The number of nitrogens with one attached hydrogen (secondary N) is 2. The number of para-hydroxylation sites is 1. The van der Waals surface area contributed by atoms with Crippen molar-refractivity contribution >= 4 is 11.6 Å². The number of piperidine rings is 1. The normalized spacial score (nSPS) is 17.4. The maximum Gasteiger partial charge on any atom is 0.220 e. The van der Waals surface area contributed by atoms with Crippen LogP contribution < -0.4 is 25.0 Å². The maximum absolute atomic E-state index is 12.8. The van der Waals surface area contributed by atoms with Gasteiger partial charge in [0.05, 0.1) is 26.5 Å². The van der Waals surface area contributed by atoms with Crippen molar-refractivity contribution in [2.75, 3.05) is 39.3 Å². The van der Waals surface area contributed by atoms with Gasteiger partial charge in [0, 0.05) is 31.8 Å². The average molecular weight is 493 g/mol. The van der Waals surface area contributed by atoms with E-state index in [4.69, 9.17) is 14.0 Å². The number of hydrogen-bond acceptors (Lipinski definition) is 7. The molecular formula is C28H36N4O4. The number of aromatic nitrogens is 1. The molecule has 8 nitrogen and oxygen atoms in total. The second kappa shape index (κ2) is 12.4. The van der Waals surface area contributed by atoms with Crippen molar-refractivity contribution in [2.45, 2.75) is 32.4 Å². The summed E-state index contributed by atoms with van der Waals surface area (Å²) in [6.45, 7) is 2.91. The summed E-state index contributed by atoms with van der Waals surface area (Å²) in [6, 6.07) is 17.9. The second-order valence-electron chi connectivity index (χ2n) is 9.36. The summed E-state index contributed by atoms with van der Waals surface area (Å²) in [5, 5.41) is 10.9. The molecule has 0 spiro atoms. The summed E-state index contributed by atoms with van der Waals surface area (Å²) >= 11 is 0. The van der Waals surface area contributed by atoms with Gasteiger partial charge in [-0.2, -0.15) is 0 Å². The Balaban J connectivity index is 1.29. The minimum absolute atomic E-state index is 0.0620. The van der Waals surface area contributed by atoms with Gasteiger partial charge in [-0.3, -0.25) is 4.79 Å². The highest BCUT2D eigenvalue weighted by Gasteiger charge is 2.28. The summed E-state index contributed by atoms with van der Waals surface area (Å²) in [7, 11) is 5.26. The van der Waals surface area contributed by atoms with Gasteiger partial charge in [0.15, 0.2) is 17.3 Å². The van der Waals surface area contributed by atoms with E-state index in [1.807, 2.05) is 49.5 Å². The molecular weight excluding hydrogens is 456 g/mol. The van der Waals surface area contributed by atoms with E-state index in [1.54, 1.807) is 14.2 Å². The van der Waals surface area contributed by atoms with Crippen molar-refractivity contribution in [1.29, 1.82) is 0 Å². The molecule has 0 unspecified atom stereocenters. The molecule has 0 saturated carbocycles. The molecule has 2 atom stereocenters. The summed E-state index contributed by atoms with van der Waals surface area (Å²) in [4.78, 5) is 14.9. The SMILES string of the molecule is COc1ccc(CNC(=O)C[C@@H]2CCNC[C@@H]2Cc2cc(CN(C)c3ccccc3)on2)cc1OC. The third-order valence-electron chi connectivity index (χ3n) is 6.82. The Morgan fingerprint density at radius 1 is 1.11 bits per heavy atom. The van der Waals surface area contributed by atoms with Gasteiger partial charge in [-0.1, -0.05) is 29.4 Å². The van der Waals surface area contributed by atoms with Gasteiger partial charge < -0.3 is 29.5 Å². The molecule has 1 amide bonds. The fraction of sp³-hybridized carbons (Fsp3) is 0.429. The number of anilines is 1. The van der Waals surface area contributed by atoms with Crippen molar-refractivity contribution in [3.63, 3.8) is 0 Å². The molecule has 3 aromatic rings. The number of rotatable bonds is 11. The van der Waals surface area contributed by atoms with Gasteiger partial charge in [0.25, 0.3) is 0 Å². The zero-order chi connectivity index (χ0) is 25.3. The number of carbonyl (C=O) groups is 1. The monoisotopic (exact) mass is 492 g/mol. The molecule has 4 rings (SSSR count). The Kier molecular flexibility index (Phi) is 8.84. The Morgan fingerprint density at radius 2 is 1.92 bits per heavy atom. The summed E-state index contributed by atoms with van der Waals surface area (Å²) in [5.74, 6) is 2.85. The van der Waals surface area contributed by atoms with E-state index in [0.717, 1.165) is 48.6 Å². The highest BCUT2D eigenvalue weighted by atomic mass is 16.5. The second-order valence-corrected chi connectivity index (χ2v) is 9.36. The Hall–Kier alpha value is -3.52. The molecule has 8 heteroatoms. The van der Waals surface area contributed by atoms with Crippen molar-refractivity contribution < 1.29 is 18.8 Å². The molecule has 1 aliphatic rings. The minimum atomic E-state index is 0.0620. The van der Waals surface area contributed by atoms with Crippen LogP contribution in [-0.4, -0.2) is 45.4 Å². The van der Waals surface area contributed by atoms with Crippen LogP contribution in [0, 0.1) is 11.8 Å². The van der Waals surface area contributed by atoms with Gasteiger partial charge in [-0.15, -0.1) is 0 Å². The number of hydrogen-bond donors (Lipinski definition) is 2. The number of carbonyl (C=O) groups excluding carboxylic acids is 1. The van der Waals surface area contributed by atoms with Gasteiger partial charge >= 0.3 is 0 Å². The molecule has 2 aromatic carbocycles. The molecule has 0 radical (unpaired) electrons.